The zero-order valence-electron chi connectivity index (χ0n) is 10.3. The second kappa shape index (κ2) is 3.63. The minimum atomic E-state index is -0.524. The number of fused-ring (bicyclic) bond motifs is 1. The van der Waals surface area contributed by atoms with Crippen molar-refractivity contribution in [2.24, 2.45) is 7.05 Å². The van der Waals surface area contributed by atoms with Crippen LogP contribution in [0.4, 0.5) is 0 Å². The summed E-state index contributed by atoms with van der Waals surface area (Å²) in [7, 11) is 1.41. The Kier molecular flexibility index (Phi) is 2.20. The van der Waals surface area contributed by atoms with E-state index in [0.717, 1.165) is 22.5 Å². The fourth-order valence-corrected chi connectivity index (χ4v) is 1.88. The molecule has 0 spiro atoms. The molecule has 1 fully saturated rings. The molecule has 0 radical (unpaired) electrons. The van der Waals surface area contributed by atoms with Gasteiger partial charge in [0.2, 0.25) is 0 Å². The quantitative estimate of drug-likeness (QED) is 0.700. The third kappa shape index (κ3) is 1.49. The van der Waals surface area contributed by atoms with Crippen LogP contribution in [0.1, 0.15) is 5.82 Å². The summed E-state index contributed by atoms with van der Waals surface area (Å²) in [5, 5.41) is 0. The van der Waals surface area contributed by atoms with Crippen LogP contribution < -0.4 is 5.46 Å². The number of nitrogens with zero attached hydrogens (tertiary/aromatic N) is 3. The van der Waals surface area contributed by atoms with Crippen LogP contribution in [0.25, 0.3) is 11.2 Å². The topological polar surface area (TPSA) is 49.2 Å². The largest absolute Gasteiger partial charge is 0.634 e. The first-order chi connectivity index (χ1) is 8.56. The van der Waals surface area contributed by atoms with E-state index < -0.39 is 7.12 Å². The van der Waals surface area contributed by atoms with Crippen LogP contribution in [-0.2, 0) is 16.4 Å². The molecule has 2 aromatic rings. The molecule has 1 aliphatic heterocycles. The Bertz CT molecular complexity index is 661. The second-order valence-corrected chi connectivity index (χ2v) is 4.24. The van der Waals surface area contributed by atoms with E-state index in [9.17, 15) is 0 Å². The Labute approximate surface area is 105 Å². The Morgan fingerprint density at radius 1 is 1.28 bits per heavy atom. The lowest BCUT2D eigenvalue weighted by atomic mass is 9.80. The van der Waals surface area contributed by atoms with E-state index >= 15 is 0 Å². The minimum absolute atomic E-state index is 0.456. The monoisotopic (exact) mass is 241 g/mol. The van der Waals surface area contributed by atoms with Gasteiger partial charge in [-0.05, 0) is 13.0 Å². The smallest absolute Gasteiger partial charge is 0.520 e. The minimum Gasteiger partial charge on any atom is -0.520 e. The first-order valence-corrected chi connectivity index (χ1v) is 5.56. The van der Waals surface area contributed by atoms with Crippen molar-refractivity contribution in [2.45, 2.75) is 6.92 Å². The Morgan fingerprint density at radius 3 is 2.61 bits per heavy atom. The van der Waals surface area contributed by atoms with Gasteiger partial charge in [0.1, 0.15) is 22.9 Å². The zero-order chi connectivity index (χ0) is 12.9. The van der Waals surface area contributed by atoms with E-state index in [1.54, 1.807) is 6.20 Å². The first kappa shape index (κ1) is 10.9. The summed E-state index contributed by atoms with van der Waals surface area (Å²) in [6, 6.07) is 1.91. The molecule has 0 saturated carbocycles. The van der Waals surface area contributed by atoms with Gasteiger partial charge in [0.05, 0.1) is 0 Å². The molecule has 6 heteroatoms. The maximum absolute atomic E-state index is 5.45. The molecule has 1 saturated heterocycles. The average molecular weight is 241 g/mol. The molecule has 0 bridgehead atoms. The van der Waals surface area contributed by atoms with Gasteiger partial charge in [-0.1, -0.05) is 13.2 Å². The molecule has 3 heterocycles. The molecule has 0 unspecified atom stereocenters. The average Bonchev–Trinajstić information content (AvgIpc) is 2.81. The van der Waals surface area contributed by atoms with Crippen LogP contribution in [0.5, 0.6) is 0 Å². The van der Waals surface area contributed by atoms with Crippen LogP contribution >= 0.6 is 0 Å². The van der Waals surface area contributed by atoms with Crippen molar-refractivity contribution in [2.75, 3.05) is 0 Å². The molecule has 0 aromatic carbocycles. The molecule has 3 rings (SSSR count). The van der Waals surface area contributed by atoms with Gasteiger partial charge in [0.15, 0.2) is 5.65 Å². The van der Waals surface area contributed by atoms with E-state index in [-0.39, 0.29) is 0 Å². The third-order valence-corrected chi connectivity index (χ3v) is 3.04. The lowest BCUT2D eigenvalue weighted by Crippen LogP contribution is -2.31. The van der Waals surface area contributed by atoms with Crippen molar-refractivity contribution in [1.29, 1.82) is 0 Å². The second-order valence-electron chi connectivity index (χ2n) is 4.24. The van der Waals surface area contributed by atoms with E-state index in [1.165, 1.54) is 0 Å². The first-order valence-electron chi connectivity index (χ1n) is 5.56. The molecule has 0 aliphatic carbocycles. The van der Waals surface area contributed by atoms with Gasteiger partial charge in [0, 0.05) is 18.7 Å². The number of aromatic nitrogens is 3. The highest BCUT2D eigenvalue weighted by Crippen LogP contribution is 2.20. The van der Waals surface area contributed by atoms with Gasteiger partial charge in [-0.25, -0.2) is 9.97 Å². The van der Waals surface area contributed by atoms with Gasteiger partial charge in [-0.2, -0.15) is 0 Å². The van der Waals surface area contributed by atoms with Crippen LogP contribution in [-0.4, -0.2) is 21.7 Å². The van der Waals surface area contributed by atoms with Gasteiger partial charge in [0.25, 0.3) is 0 Å². The van der Waals surface area contributed by atoms with Gasteiger partial charge in [-0.3, -0.25) is 0 Å². The molecule has 0 N–H and O–H groups in total. The van der Waals surface area contributed by atoms with Gasteiger partial charge >= 0.3 is 7.12 Å². The van der Waals surface area contributed by atoms with E-state index in [0.29, 0.717) is 11.5 Å². The van der Waals surface area contributed by atoms with Crippen molar-refractivity contribution >= 4 is 23.7 Å². The number of aryl methyl sites for hydroxylation is 2. The summed E-state index contributed by atoms with van der Waals surface area (Å²) in [6.07, 6.45) is 1.72. The van der Waals surface area contributed by atoms with Crippen molar-refractivity contribution in [3.63, 3.8) is 0 Å². The Morgan fingerprint density at radius 2 is 1.94 bits per heavy atom. The fourth-order valence-electron chi connectivity index (χ4n) is 1.88. The molecular formula is C12H12BN3O2. The highest BCUT2D eigenvalue weighted by molar-refractivity contribution is 6.62. The standard InChI is InChI=1S/C12H12BN3O2/c1-7-8(2)18-13(17-7)10-5-11-12(14-6-10)16(4)9(3)15-11/h5-6H,1-2H2,3-4H3. The van der Waals surface area contributed by atoms with Crippen LogP contribution in [0.3, 0.4) is 0 Å². The predicted octanol–water partition coefficient (Wildman–Crippen LogP) is 1.05. The van der Waals surface area contributed by atoms with E-state index in [1.807, 2.05) is 24.6 Å². The van der Waals surface area contributed by atoms with Crippen LogP contribution in [0.15, 0.2) is 36.9 Å². The van der Waals surface area contributed by atoms with Gasteiger partial charge < -0.3 is 13.9 Å². The van der Waals surface area contributed by atoms with Crippen molar-refractivity contribution in [3.05, 3.63) is 42.8 Å². The summed E-state index contributed by atoms with van der Waals surface area (Å²) in [5.74, 6) is 1.83. The molecule has 18 heavy (non-hydrogen) atoms. The zero-order valence-corrected chi connectivity index (χ0v) is 10.3. The Balaban J connectivity index is 2.04. The van der Waals surface area contributed by atoms with E-state index in [4.69, 9.17) is 9.31 Å². The maximum Gasteiger partial charge on any atom is 0.634 e. The molecule has 0 atom stereocenters. The predicted molar refractivity (Wildman–Crippen MR) is 69.1 cm³/mol. The number of imidazole rings is 1. The molecule has 5 nitrogen and oxygen atoms in total. The summed E-state index contributed by atoms with van der Waals surface area (Å²) in [4.78, 5) is 8.80. The van der Waals surface area contributed by atoms with Crippen molar-refractivity contribution < 1.29 is 9.31 Å². The molecule has 1 aliphatic rings. The molecular weight excluding hydrogens is 229 g/mol. The third-order valence-electron chi connectivity index (χ3n) is 3.04. The van der Waals surface area contributed by atoms with Crippen molar-refractivity contribution in [1.82, 2.24) is 14.5 Å². The van der Waals surface area contributed by atoms with Crippen LogP contribution in [0, 0.1) is 6.92 Å². The molecule has 2 aromatic heterocycles. The number of hydrogen-bond donors (Lipinski definition) is 0. The molecule has 0 amide bonds. The molecule has 90 valence electrons. The lowest BCUT2D eigenvalue weighted by Gasteiger charge is -2.03. The maximum atomic E-state index is 5.45. The van der Waals surface area contributed by atoms with Crippen molar-refractivity contribution in [3.8, 4) is 0 Å². The normalized spacial score (nSPS) is 15.1. The SMILES string of the molecule is C=C1OB(c2cnc3c(c2)nc(C)n3C)OC1=C. The number of rotatable bonds is 1. The van der Waals surface area contributed by atoms with E-state index in [2.05, 4.69) is 23.1 Å². The fraction of sp³-hybridized carbons (Fsp3) is 0.167. The van der Waals surface area contributed by atoms with Gasteiger partial charge in [-0.15, -0.1) is 0 Å². The summed E-state index contributed by atoms with van der Waals surface area (Å²) >= 11 is 0. The number of hydrogen-bond acceptors (Lipinski definition) is 4. The summed E-state index contributed by atoms with van der Waals surface area (Å²) in [5.41, 5.74) is 2.47. The lowest BCUT2D eigenvalue weighted by molar-refractivity contribution is 0.431. The number of pyridine rings is 1. The van der Waals surface area contributed by atoms with Crippen LogP contribution in [0.2, 0.25) is 0 Å². The highest BCUT2D eigenvalue weighted by atomic mass is 16.6. The summed E-state index contributed by atoms with van der Waals surface area (Å²) in [6.45, 7) is 9.35. The highest BCUT2D eigenvalue weighted by Gasteiger charge is 2.35. The summed E-state index contributed by atoms with van der Waals surface area (Å²) < 4.78 is 12.8. The Hall–Kier alpha value is -2.24.